The van der Waals surface area contributed by atoms with Gasteiger partial charge in [-0.3, -0.25) is 0 Å². The first-order valence-electron chi connectivity index (χ1n) is 6.25. The lowest BCUT2D eigenvalue weighted by Gasteiger charge is -2.36. The second-order valence-corrected chi connectivity index (χ2v) is 7.34. The predicted octanol–water partition coefficient (Wildman–Crippen LogP) is 0.665. The Bertz CT molecular complexity index is 577. The zero-order valence-corrected chi connectivity index (χ0v) is 13.2. The van der Waals surface area contributed by atoms with E-state index in [-0.39, 0.29) is 29.9 Å². The van der Waals surface area contributed by atoms with Gasteiger partial charge >= 0.3 is 0 Å². The number of nitrogen functional groups attached to an aromatic ring is 1. The van der Waals surface area contributed by atoms with Gasteiger partial charge in [-0.25, -0.2) is 19.2 Å². The minimum absolute atomic E-state index is 0.00900. The number of nitrogens with zero attached hydrogens (tertiary/aromatic N) is 2. The van der Waals surface area contributed by atoms with Crippen molar-refractivity contribution in [2.75, 3.05) is 18.6 Å². The minimum Gasteiger partial charge on any atom is -0.395 e. The standard InChI is InChI=1S/C11H17BrN4O3S/c12-8-6-10(11(15-13)14-7-8)20(18,19)16(4-5-17)9-2-1-3-9/h6-7,9,17H,1-5,13H2,(H,14,15). The van der Waals surface area contributed by atoms with Gasteiger partial charge in [0.2, 0.25) is 10.0 Å². The normalized spacial score (nSPS) is 16.2. The number of anilines is 1. The van der Waals surface area contributed by atoms with Crippen molar-refractivity contribution >= 4 is 31.8 Å². The average Bonchev–Trinajstić information content (AvgIpc) is 2.36. The van der Waals surface area contributed by atoms with Gasteiger partial charge in [0.25, 0.3) is 0 Å². The van der Waals surface area contributed by atoms with Gasteiger partial charge in [-0.2, -0.15) is 4.31 Å². The topological polar surface area (TPSA) is 109 Å². The van der Waals surface area contributed by atoms with Crippen LogP contribution in [0.1, 0.15) is 19.3 Å². The van der Waals surface area contributed by atoms with Crippen LogP contribution in [0.3, 0.4) is 0 Å². The molecule has 0 radical (unpaired) electrons. The molecule has 0 aromatic carbocycles. The summed E-state index contributed by atoms with van der Waals surface area (Å²) in [5, 5.41) is 9.13. The molecule has 0 saturated heterocycles. The van der Waals surface area contributed by atoms with Gasteiger partial charge in [0.15, 0.2) is 5.82 Å². The Morgan fingerprint density at radius 1 is 1.55 bits per heavy atom. The molecular weight excluding hydrogens is 348 g/mol. The summed E-state index contributed by atoms with van der Waals surface area (Å²) in [6, 6.07) is 1.40. The smallest absolute Gasteiger partial charge is 0.247 e. The maximum atomic E-state index is 12.7. The third kappa shape index (κ3) is 2.96. The van der Waals surface area contributed by atoms with E-state index in [0.29, 0.717) is 4.47 Å². The number of halogens is 1. The average molecular weight is 365 g/mol. The number of aromatic nitrogens is 1. The number of rotatable bonds is 6. The Morgan fingerprint density at radius 2 is 2.25 bits per heavy atom. The molecule has 0 spiro atoms. The van der Waals surface area contributed by atoms with Crippen LogP contribution in [0.15, 0.2) is 21.6 Å². The molecule has 0 aliphatic heterocycles. The Labute approximate surface area is 126 Å². The number of nitrogens with two attached hydrogens (primary N) is 1. The van der Waals surface area contributed by atoms with Gasteiger partial charge in [0.05, 0.1) is 6.61 Å². The van der Waals surface area contributed by atoms with E-state index in [1.807, 2.05) is 0 Å². The van der Waals surface area contributed by atoms with E-state index in [4.69, 9.17) is 10.9 Å². The van der Waals surface area contributed by atoms with E-state index in [2.05, 4.69) is 26.3 Å². The van der Waals surface area contributed by atoms with Crippen LogP contribution < -0.4 is 11.3 Å². The molecule has 1 heterocycles. The summed E-state index contributed by atoms with van der Waals surface area (Å²) in [5.41, 5.74) is 2.30. The predicted molar refractivity (Wildman–Crippen MR) is 78.4 cm³/mol. The van der Waals surface area contributed by atoms with Crippen LogP contribution in [0.4, 0.5) is 5.82 Å². The lowest BCUT2D eigenvalue weighted by molar-refractivity contribution is 0.178. The van der Waals surface area contributed by atoms with Gasteiger partial charge in [-0.15, -0.1) is 0 Å². The highest BCUT2D eigenvalue weighted by Crippen LogP contribution is 2.32. The van der Waals surface area contributed by atoms with Gasteiger partial charge in [0, 0.05) is 23.3 Å². The molecule has 1 aliphatic carbocycles. The second-order valence-electron chi connectivity index (χ2n) is 4.57. The van der Waals surface area contributed by atoms with E-state index in [9.17, 15) is 8.42 Å². The van der Waals surface area contributed by atoms with Crippen LogP contribution in [0.25, 0.3) is 0 Å². The zero-order valence-electron chi connectivity index (χ0n) is 10.8. The molecule has 0 atom stereocenters. The molecule has 1 aromatic rings. The van der Waals surface area contributed by atoms with Crippen molar-refractivity contribution in [3.8, 4) is 0 Å². The van der Waals surface area contributed by atoms with Crippen molar-refractivity contribution < 1.29 is 13.5 Å². The monoisotopic (exact) mass is 364 g/mol. The van der Waals surface area contributed by atoms with Gasteiger partial charge in [-0.1, -0.05) is 6.42 Å². The number of sulfonamides is 1. The Kier molecular flexibility index (Phi) is 4.97. The highest BCUT2D eigenvalue weighted by atomic mass is 79.9. The number of aliphatic hydroxyl groups excluding tert-OH is 1. The van der Waals surface area contributed by atoms with Crippen LogP contribution in [0, 0.1) is 0 Å². The van der Waals surface area contributed by atoms with Crippen molar-refractivity contribution in [3.63, 3.8) is 0 Å². The van der Waals surface area contributed by atoms with Gasteiger partial charge in [0.1, 0.15) is 4.90 Å². The number of nitrogens with one attached hydrogen (secondary N) is 1. The molecule has 9 heteroatoms. The molecular formula is C11H17BrN4O3S. The minimum atomic E-state index is -3.75. The summed E-state index contributed by atoms with van der Waals surface area (Å²) in [5.74, 6) is 5.43. The maximum Gasteiger partial charge on any atom is 0.247 e. The third-order valence-corrected chi connectivity index (χ3v) is 5.74. The SMILES string of the molecule is NNc1ncc(Br)cc1S(=O)(=O)N(CCO)C1CCC1. The second kappa shape index (κ2) is 6.35. The molecule has 0 bridgehead atoms. The number of hydrogen-bond acceptors (Lipinski definition) is 6. The molecule has 1 fully saturated rings. The van der Waals surface area contributed by atoms with E-state index in [1.165, 1.54) is 16.6 Å². The molecule has 4 N–H and O–H groups in total. The summed E-state index contributed by atoms with van der Waals surface area (Å²) in [6.45, 7) is -0.147. The Balaban J connectivity index is 2.43. The van der Waals surface area contributed by atoms with Crippen LogP contribution in [-0.2, 0) is 10.0 Å². The van der Waals surface area contributed by atoms with Crippen molar-refractivity contribution in [2.24, 2.45) is 5.84 Å². The number of hydrogen-bond donors (Lipinski definition) is 3. The summed E-state index contributed by atoms with van der Waals surface area (Å²) in [7, 11) is -3.75. The highest BCUT2D eigenvalue weighted by molar-refractivity contribution is 9.10. The fraction of sp³-hybridized carbons (Fsp3) is 0.545. The molecule has 20 heavy (non-hydrogen) atoms. The summed E-state index contributed by atoms with van der Waals surface area (Å²) in [6.07, 6.45) is 4.09. The first-order chi connectivity index (χ1) is 9.50. The molecule has 0 unspecified atom stereocenters. The fourth-order valence-corrected chi connectivity index (χ4v) is 4.42. The van der Waals surface area contributed by atoms with Crippen LogP contribution >= 0.6 is 15.9 Å². The van der Waals surface area contributed by atoms with E-state index in [0.717, 1.165) is 19.3 Å². The van der Waals surface area contributed by atoms with Crippen LogP contribution in [0.2, 0.25) is 0 Å². The number of aliphatic hydroxyl groups is 1. The molecule has 1 aliphatic rings. The lowest BCUT2D eigenvalue weighted by Crippen LogP contribution is -2.45. The van der Waals surface area contributed by atoms with Crippen molar-refractivity contribution in [3.05, 3.63) is 16.7 Å². The van der Waals surface area contributed by atoms with Crippen molar-refractivity contribution in [1.82, 2.24) is 9.29 Å². The quantitative estimate of drug-likeness (QED) is 0.505. The van der Waals surface area contributed by atoms with Gasteiger partial charge < -0.3 is 10.5 Å². The van der Waals surface area contributed by atoms with Crippen molar-refractivity contribution in [1.29, 1.82) is 0 Å². The van der Waals surface area contributed by atoms with Crippen LogP contribution in [-0.4, -0.2) is 42.0 Å². The van der Waals surface area contributed by atoms with E-state index in [1.54, 1.807) is 0 Å². The molecule has 7 nitrogen and oxygen atoms in total. The molecule has 112 valence electrons. The van der Waals surface area contributed by atoms with E-state index < -0.39 is 10.0 Å². The first kappa shape index (κ1) is 15.6. The third-order valence-electron chi connectivity index (χ3n) is 3.35. The maximum absolute atomic E-state index is 12.7. The largest absolute Gasteiger partial charge is 0.395 e. The molecule has 1 saturated carbocycles. The highest BCUT2D eigenvalue weighted by Gasteiger charge is 2.36. The zero-order chi connectivity index (χ0) is 14.8. The lowest BCUT2D eigenvalue weighted by atomic mass is 9.93. The Morgan fingerprint density at radius 3 is 2.75 bits per heavy atom. The van der Waals surface area contributed by atoms with E-state index >= 15 is 0 Å². The summed E-state index contributed by atoms with van der Waals surface area (Å²) >= 11 is 3.21. The number of hydrazine groups is 1. The molecule has 1 aromatic heterocycles. The number of pyridine rings is 1. The van der Waals surface area contributed by atoms with Crippen LogP contribution in [0.5, 0.6) is 0 Å². The van der Waals surface area contributed by atoms with Gasteiger partial charge in [-0.05, 0) is 34.8 Å². The molecule has 0 amide bonds. The molecule has 2 rings (SSSR count). The van der Waals surface area contributed by atoms with Crippen molar-refractivity contribution in [2.45, 2.75) is 30.2 Å². The summed E-state index contributed by atoms with van der Waals surface area (Å²) < 4.78 is 27.4. The fourth-order valence-electron chi connectivity index (χ4n) is 2.12. The first-order valence-corrected chi connectivity index (χ1v) is 8.49. The Hall–Kier alpha value is -0.740. The summed E-state index contributed by atoms with van der Waals surface area (Å²) in [4.78, 5) is 3.97.